The van der Waals surface area contributed by atoms with Gasteiger partial charge in [-0.15, -0.1) is 0 Å². The van der Waals surface area contributed by atoms with E-state index in [4.69, 9.17) is 16.3 Å². The van der Waals surface area contributed by atoms with Crippen molar-refractivity contribution >= 4 is 39.7 Å². The molecule has 0 bridgehead atoms. The SMILES string of the molecule is O=C(O)c1cc(-c2ccsc2)c2ccc(OCc3c(F)cccc3Cl)cc2c1. The zero-order valence-electron chi connectivity index (χ0n) is 14.5. The first-order valence-corrected chi connectivity index (χ1v) is 9.74. The first-order valence-electron chi connectivity index (χ1n) is 8.42. The lowest BCUT2D eigenvalue weighted by molar-refractivity contribution is 0.0697. The van der Waals surface area contributed by atoms with Crippen molar-refractivity contribution in [3.63, 3.8) is 0 Å². The molecule has 4 aromatic rings. The molecule has 0 aliphatic carbocycles. The highest BCUT2D eigenvalue weighted by atomic mass is 35.5. The fourth-order valence-corrected chi connectivity index (χ4v) is 3.92. The quantitative estimate of drug-likeness (QED) is 0.399. The molecule has 6 heteroatoms. The zero-order valence-corrected chi connectivity index (χ0v) is 16.1. The van der Waals surface area contributed by atoms with Crippen LogP contribution < -0.4 is 4.74 Å². The van der Waals surface area contributed by atoms with Crippen molar-refractivity contribution in [1.82, 2.24) is 0 Å². The maximum atomic E-state index is 13.9. The van der Waals surface area contributed by atoms with Crippen molar-refractivity contribution in [1.29, 1.82) is 0 Å². The van der Waals surface area contributed by atoms with E-state index in [0.717, 1.165) is 21.9 Å². The minimum Gasteiger partial charge on any atom is -0.489 e. The van der Waals surface area contributed by atoms with Gasteiger partial charge in [0.1, 0.15) is 18.2 Å². The first kappa shape index (κ1) is 18.5. The molecule has 3 aromatic carbocycles. The number of fused-ring (bicyclic) bond motifs is 1. The standard InChI is InChI=1S/C22H14ClFO3S/c23-20-2-1-3-21(24)19(20)11-27-16-4-5-17-14(9-16)8-15(22(25)26)10-18(17)13-6-7-28-12-13/h1-10,12H,11H2,(H,25,26). The van der Waals surface area contributed by atoms with Crippen molar-refractivity contribution in [3.8, 4) is 16.9 Å². The van der Waals surface area contributed by atoms with E-state index < -0.39 is 11.8 Å². The maximum absolute atomic E-state index is 13.9. The van der Waals surface area contributed by atoms with Crippen LogP contribution >= 0.6 is 22.9 Å². The molecule has 0 amide bonds. The Balaban J connectivity index is 1.73. The van der Waals surface area contributed by atoms with E-state index in [-0.39, 0.29) is 17.7 Å². The Morgan fingerprint density at radius 2 is 2.00 bits per heavy atom. The van der Waals surface area contributed by atoms with Crippen molar-refractivity contribution in [2.45, 2.75) is 6.61 Å². The van der Waals surface area contributed by atoms with Crippen LogP contribution in [0.15, 0.2) is 65.4 Å². The summed E-state index contributed by atoms with van der Waals surface area (Å²) >= 11 is 7.59. The summed E-state index contributed by atoms with van der Waals surface area (Å²) in [5, 5.41) is 15.3. The average Bonchev–Trinajstić information content (AvgIpc) is 3.21. The molecule has 0 saturated heterocycles. The lowest BCUT2D eigenvalue weighted by atomic mass is 9.97. The molecule has 0 aliphatic rings. The van der Waals surface area contributed by atoms with Crippen molar-refractivity contribution in [2.24, 2.45) is 0 Å². The third-order valence-corrected chi connectivity index (χ3v) is 5.49. The van der Waals surface area contributed by atoms with Gasteiger partial charge in [0.25, 0.3) is 0 Å². The minimum absolute atomic E-state index is 0.0208. The Morgan fingerprint density at radius 3 is 2.71 bits per heavy atom. The Hall–Kier alpha value is -2.89. The molecule has 1 heterocycles. The summed E-state index contributed by atoms with van der Waals surface area (Å²) in [5.74, 6) is -0.922. The molecule has 0 atom stereocenters. The Morgan fingerprint density at radius 1 is 1.14 bits per heavy atom. The number of halogens is 2. The lowest BCUT2D eigenvalue weighted by Gasteiger charge is -2.12. The van der Waals surface area contributed by atoms with Crippen LogP contribution in [-0.2, 0) is 6.61 Å². The number of benzene rings is 3. The van der Waals surface area contributed by atoms with E-state index in [1.165, 1.54) is 12.1 Å². The van der Waals surface area contributed by atoms with Crippen LogP contribution in [0.3, 0.4) is 0 Å². The number of carbonyl (C=O) groups is 1. The Kier molecular flexibility index (Phi) is 5.03. The smallest absolute Gasteiger partial charge is 0.335 e. The lowest BCUT2D eigenvalue weighted by Crippen LogP contribution is -2.00. The van der Waals surface area contributed by atoms with Crippen LogP contribution in [0.5, 0.6) is 5.75 Å². The normalized spacial score (nSPS) is 10.9. The molecule has 0 aliphatic heterocycles. The highest BCUT2D eigenvalue weighted by Crippen LogP contribution is 2.34. The van der Waals surface area contributed by atoms with Gasteiger partial charge >= 0.3 is 5.97 Å². The molecule has 140 valence electrons. The third kappa shape index (κ3) is 3.59. The van der Waals surface area contributed by atoms with E-state index in [1.54, 1.807) is 41.7 Å². The summed E-state index contributed by atoms with van der Waals surface area (Å²) in [6, 6.07) is 15.1. The largest absolute Gasteiger partial charge is 0.489 e. The molecule has 4 rings (SSSR count). The van der Waals surface area contributed by atoms with Crippen molar-refractivity contribution in [2.75, 3.05) is 0 Å². The summed E-state index contributed by atoms with van der Waals surface area (Å²) in [5.41, 5.74) is 2.29. The molecular formula is C22H14ClFO3S. The minimum atomic E-state index is -0.997. The molecular weight excluding hydrogens is 399 g/mol. The fraction of sp³-hybridized carbons (Fsp3) is 0.0455. The molecule has 28 heavy (non-hydrogen) atoms. The number of hydrogen-bond donors (Lipinski definition) is 1. The van der Waals surface area contributed by atoms with Gasteiger partial charge in [-0.2, -0.15) is 11.3 Å². The van der Waals surface area contributed by atoms with E-state index >= 15 is 0 Å². The fourth-order valence-electron chi connectivity index (χ4n) is 3.04. The van der Waals surface area contributed by atoms with Gasteiger partial charge < -0.3 is 9.84 Å². The van der Waals surface area contributed by atoms with Crippen LogP contribution in [0.1, 0.15) is 15.9 Å². The molecule has 0 saturated carbocycles. The second kappa shape index (κ2) is 7.62. The topological polar surface area (TPSA) is 46.5 Å². The number of rotatable bonds is 5. The van der Waals surface area contributed by atoms with Gasteiger partial charge in [-0.25, -0.2) is 9.18 Å². The number of carboxylic acid groups (broad SMARTS) is 1. The molecule has 0 unspecified atom stereocenters. The monoisotopic (exact) mass is 412 g/mol. The number of hydrogen-bond acceptors (Lipinski definition) is 3. The van der Waals surface area contributed by atoms with Crippen LogP contribution in [0, 0.1) is 5.82 Å². The van der Waals surface area contributed by atoms with E-state index in [2.05, 4.69) is 0 Å². The predicted molar refractivity (Wildman–Crippen MR) is 110 cm³/mol. The molecule has 0 spiro atoms. The molecule has 0 fully saturated rings. The zero-order chi connectivity index (χ0) is 19.7. The van der Waals surface area contributed by atoms with Crippen molar-refractivity contribution < 1.29 is 19.0 Å². The van der Waals surface area contributed by atoms with Gasteiger partial charge in [-0.05, 0) is 75.1 Å². The van der Waals surface area contributed by atoms with Crippen molar-refractivity contribution in [3.05, 3.63) is 87.3 Å². The summed E-state index contributed by atoms with van der Waals surface area (Å²) in [7, 11) is 0. The summed E-state index contributed by atoms with van der Waals surface area (Å²) < 4.78 is 19.7. The van der Waals surface area contributed by atoms with Gasteiger partial charge in [-0.1, -0.05) is 23.7 Å². The van der Waals surface area contributed by atoms with E-state index in [9.17, 15) is 14.3 Å². The summed E-state index contributed by atoms with van der Waals surface area (Å²) in [6.45, 7) is -0.0208. The van der Waals surface area contributed by atoms with Gasteiger partial charge in [0.2, 0.25) is 0 Å². The van der Waals surface area contributed by atoms with E-state index in [1.807, 2.05) is 22.9 Å². The molecule has 1 N–H and O–H groups in total. The van der Waals surface area contributed by atoms with Gasteiger partial charge in [0, 0.05) is 5.56 Å². The number of carboxylic acids is 1. The maximum Gasteiger partial charge on any atom is 0.335 e. The van der Waals surface area contributed by atoms with Gasteiger partial charge in [-0.3, -0.25) is 0 Å². The van der Waals surface area contributed by atoms with Crippen LogP contribution in [0.2, 0.25) is 5.02 Å². The van der Waals surface area contributed by atoms with Crippen LogP contribution in [0.25, 0.3) is 21.9 Å². The second-order valence-corrected chi connectivity index (χ2v) is 7.40. The van der Waals surface area contributed by atoms with E-state index in [0.29, 0.717) is 10.8 Å². The first-order chi connectivity index (χ1) is 13.5. The number of aromatic carboxylic acids is 1. The summed E-state index contributed by atoms with van der Waals surface area (Å²) in [6.07, 6.45) is 0. The molecule has 3 nitrogen and oxygen atoms in total. The average molecular weight is 413 g/mol. The Labute approximate surface area is 169 Å². The van der Waals surface area contributed by atoms with Gasteiger partial charge in [0.05, 0.1) is 10.6 Å². The number of thiophene rings is 1. The predicted octanol–water partition coefficient (Wildman–Crippen LogP) is 6.64. The summed E-state index contributed by atoms with van der Waals surface area (Å²) in [4.78, 5) is 11.6. The highest BCUT2D eigenvalue weighted by Gasteiger charge is 2.13. The van der Waals surface area contributed by atoms with Crippen LogP contribution in [-0.4, -0.2) is 11.1 Å². The molecule has 1 aromatic heterocycles. The highest BCUT2D eigenvalue weighted by molar-refractivity contribution is 7.08. The Bertz CT molecular complexity index is 1150. The van der Waals surface area contributed by atoms with Gasteiger partial charge in [0.15, 0.2) is 0 Å². The molecule has 0 radical (unpaired) electrons. The third-order valence-electron chi connectivity index (χ3n) is 4.45. The number of ether oxygens (including phenoxy) is 1. The van der Waals surface area contributed by atoms with Crippen LogP contribution in [0.4, 0.5) is 4.39 Å². The second-order valence-electron chi connectivity index (χ2n) is 6.21.